The Kier molecular flexibility index (Phi) is 7.96. The standard InChI is InChI=1S/C14H22N2O6S/c1-22-9-3-6-15-13-5-4-11(10-12(13)14(18)19)23(20,21)16-7-2-8-17/h4-5,10,15-17H,2-3,6-9H2,1H3,(H,18,19). The van der Waals surface area contributed by atoms with Gasteiger partial charge in [-0.3, -0.25) is 0 Å². The van der Waals surface area contributed by atoms with Crippen LogP contribution in [0.2, 0.25) is 0 Å². The minimum absolute atomic E-state index is 0.0816. The number of hydrogen-bond acceptors (Lipinski definition) is 6. The first-order valence-electron chi connectivity index (χ1n) is 7.13. The largest absolute Gasteiger partial charge is 0.478 e. The van der Waals surface area contributed by atoms with Gasteiger partial charge < -0.3 is 20.3 Å². The fourth-order valence-corrected chi connectivity index (χ4v) is 2.93. The van der Waals surface area contributed by atoms with Crippen LogP contribution in [0.5, 0.6) is 0 Å². The zero-order chi connectivity index (χ0) is 17.3. The summed E-state index contributed by atoms with van der Waals surface area (Å²) in [4.78, 5) is 11.2. The number of nitrogens with one attached hydrogen (secondary N) is 2. The van der Waals surface area contributed by atoms with Crippen LogP contribution >= 0.6 is 0 Å². The molecule has 23 heavy (non-hydrogen) atoms. The summed E-state index contributed by atoms with van der Waals surface area (Å²) in [5, 5.41) is 20.9. The van der Waals surface area contributed by atoms with Crippen molar-refractivity contribution in [3.63, 3.8) is 0 Å². The number of rotatable bonds is 11. The van der Waals surface area contributed by atoms with E-state index >= 15 is 0 Å². The lowest BCUT2D eigenvalue weighted by atomic mass is 10.2. The Hall–Kier alpha value is -1.68. The van der Waals surface area contributed by atoms with Crippen LogP contribution < -0.4 is 10.0 Å². The van der Waals surface area contributed by atoms with Crippen molar-refractivity contribution in [1.82, 2.24) is 4.72 Å². The molecule has 9 heteroatoms. The molecule has 1 rings (SSSR count). The fraction of sp³-hybridized carbons (Fsp3) is 0.500. The minimum Gasteiger partial charge on any atom is -0.478 e. The molecule has 0 saturated carbocycles. The molecule has 0 radical (unpaired) electrons. The second-order valence-corrected chi connectivity index (χ2v) is 6.53. The lowest BCUT2D eigenvalue weighted by molar-refractivity contribution is 0.0697. The Morgan fingerprint density at radius 1 is 1.26 bits per heavy atom. The van der Waals surface area contributed by atoms with E-state index in [1.165, 1.54) is 12.1 Å². The number of anilines is 1. The summed E-state index contributed by atoms with van der Waals surface area (Å²) < 4.78 is 31.3. The summed E-state index contributed by atoms with van der Waals surface area (Å²) in [5.41, 5.74) is 0.232. The molecule has 130 valence electrons. The third kappa shape index (κ3) is 6.14. The van der Waals surface area contributed by atoms with Crippen LogP contribution in [-0.4, -0.2) is 58.0 Å². The minimum atomic E-state index is -3.81. The van der Waals surface area contributed by atoms with Crippen LogP contribution in [0.4, 0.5) is 5.69 Å². The van der Waals surface area contributed by atoms with Gasteiger partial charge in [0.2, 0.25) is 10.0 Å². The smallest absolute Gasteiger partial charge is 0.337 e. The molecular formula is C14H22N2O6S. The number of carboxylic acid groups (broad SMARTS) is 1. The second-order valence-electron chi connectivity index (χ2n) is 4.76. The van der Waals surface area contributed by atoms with Gasteiger partial charge in [-0.25, -0.2) is 17.9 Å². The summed E-state index contributed by atoms with van der Waals surface area (Å²) >= 11 is 0. The summed E-state index contributed by atoms with van der Waals surface area (Å²) in [7, 11) is -2.23. The monoisotopic (exact) mass is 346 g/mol. The fourth-order valence-electron chi connectivity index (χ4n) is 1.83. The average molecular weight is 346 g/mol. The molecule has 0 aliphatic rings. The molecule has 0 amide bonds. The number of ether oxygens (including phenoxy) is 1. The van der Waals surface area contributed by atoms with Crippen LogP contribution in [0, 0.1) is 0 Å². The van der Waals surface area contributed by atoms with Crippen LogP contribution in [0.15, 0.2) is 23.1 Å². The molecule has 0 heterocycles. The molecule has 0 aliphatic carbocycles. The van der Waals surface area contributed by atoms with E-state index in [-0.39, 0.29) is 30.0 Å². The first-order chi connectivity index (χ1) is 10.9. The SMILES string of the molecule is COCCCNc1ccc(S(=O)(=O)NCCCO)cc1C(=O)O. The van der Waals surface area contributed by atoms with E-state index in [1.807, 2.05) is 0 Å². The summed E-state index contributed by atoms with van der Waals surface area (Å²) in [5.74, 6) is -1.22. The normalized spacial score (nSPS) is 11.4. The zero-order valence-electron chi connectivity index (χ0n) is 12.9. The van der Waals surface area contributed by atoms with Crippen LogP contribution in [0.25, 0.3) is 0 Å². The van der Waals surface area contributed by atoms with Gasteiger partial charge in [0.05, 0.1) is 10.5 Å². The van der Waals surface area contributed by atoms with Gasteiger partial charge in [0.1, 0.15) is 0 Å². The number of hydrogen-bond donors (Lipinski definition) is 4. The van der Waals surface area contributed by atoms with Crippen LogP contribution in [-0.2, 0) is 14.8 Å². The van der Waals surface area contributed by atoms with E-state index in [2.05, 4.69) is 10.0 Å². The quantitative estimate of drug-likeness (QED) is 0.430. The molecule has 0 aliphatic heterocycles. The summed E-state index contributed by atoms with van der Waals surface area (Å²) in [6, 6.07) is 3.88. The van der Waals surface area contributed by atoms with E-state index in [4.69, 9.17) is 9.84 Å². The Morgan fingerprint density at radius 3 is 2.61 bits per heavy atom. The van der Waals surface area contributed by atoms with Gasteiger partial charge in [0, 0.05) is 39.1 Å². The van der Waals surface area contributed by atoms with E-state index in [0.29, 0.717) is 25.3 Å². The van der Waals surface area contributed by atoms with Crippen molar-refractivity contribution in [2.75, 3.05) is 38.7 Å². The number of benzene rings is 1. The summed E-state index contributed by atoms with van der Waals surface area (Å²) in [6.45, 7) is 0.997. The molecule has 0 unspecified atom stereocenters. The van der Waals surface area contributed by atoms with Crippen molar-refractivity contribution < 1.29 is 28.2 Å². The Bertz CT molecular complexity index is 618. The van der Waals surface area contributed by atoms with Crippen LogP contribution in [0.1, 0.15) is 23.2 Å². The molecule has 0 bridgehead atoms. The van der Waals surface area contributed by atoms with Gasteiger partial charge in [0.15, 0.2) is 0 Å². The molecule has 0 atom stereocenters. The van der Waals surface area contributed by atoms with Gasteiger partial charge in [-0.05, 0) is 31.0 Å². The van der Waals surface area contributed by atoms with Crippen LogP contribution in [0.3, 0.4) is 0 Å². The molecular weight excluding hydrogens is 324 g/mol. The number of carbonyl (C=O) groups is 1. The topological polar surface area (TPSA) is 125 Å². The highest BCUT2D eigenvalue weighted by Crippen LogP contribution is 2.20. The number of methoxy groups -OCH3 is 1. The maximum Gasteiger partial charge on any atom is 0.337 e. The van der Waals surface area contributed by atoms with Gasteiger partial charge in [-0.2, -0.15) is 0 Å². The lowest BCUT2D eigenvalue weighted by Crippen LogP contribution is -2.25. The molecule has 0 aromatic heterocycles. The summed E-state index contributed by atoms with van der Waals surface area (Å²) in [6.07, 6.45) is 0.975. The predicted octanol–water partition coefficient (Wildman–Crippen LogP) is 0.494. The average Bonchev–Trinajstić information content (AvgIpc) is 2.51. The van der Waals surface area contributed by atoms with E-state index in [1.54, 1.807) is 7.11 Å². The molecule has 4 N–H and O–H groups in total. The molecule has 1 aromatic carbocycles. The third-order valence-corrected chi connectivity index (χ3v) is 4.46. The molecule has 0 fully saturated rings. The van der Waals surface area contributed by atoms with E-state index in [9.17, 15) is 18.3 Å². The first-order valence-corrected chi connectivity index (χ1v) is 8.61. The van der Waals surface area contributed by atoms with Gasteiger partial charge in [-0.1, -0.05) is 0 Å². The third-order valence-electron chi connectivity index (χ3n) is 3.00. The molecule has 0 saturated heterocycles. The number of sulfonamides is 1. The Balaban J connectivity index is 2.92. The number of aromatic carboxylic acids is 1. The van der Waals surface area contributed by atoms with E-state index < -0.39 is 16.0 Å². The maximum absolute atomic E-state index is 12.1. The lowest BCUT2D eigenvalue weighted by Gasteiger charge is -2.12. The van der Waals surface area contributed by atoms with Crippen molar-refractivity contribution >= 4 is 21.7 Å². The highest BCUT2D eigenvalue weighted by molar-refractivity contribution is 7.89. The second kappa shape index (κ2) is 9.46. The Morgan fingerprint density at radius 2 is 2.00 bits per heavy atom. The van der Waals surface area contributed by atoms with Crippen molar-refractivity contribution in [2.45, 2.75) is 17.7 Å². The molecule has 1 aromatic rings. The Labute approximate surface area is 135 Å². The van der Waals surface area contributed by atoms with Crippen molar-refractivity contribution in [2.24, 2.45) is 0 Å². The molecule has 0 spiro atoms. The molecule has 8 nitrogen and oxygen atoms in total. The van der Waals surface area contributed by atoms with Crippen molar-refractivity contribution in [3.8, 4) is 0 Å². The highest BCUT2D eigenvalue weighted by Gasteiger charge is 2.18. The highest BCUT2D eigenvalue weighted by atomic mass is 32.2. The van der Waals surface area contributed by atoms with Gasteiger partial charge >= 0.3 is 5.97 Å². The first kappa shape index (κ1) is 19.4. The van der Waals surface area contributed by atoms with Crippen molar-refractivity contribution in [3.05, 3.63) is 23.8 Å². The number of aliphatic hydroxyl groups excluding tert-OH is 1. The zero-order valence-corrected chi connectivity index (χ0v) is 13.7. The van der Waals surface area contributed by atoms with E-state index in [0.717, 1.165) is 6.07 Å². The predicted molar refractivity (Wildman–Crippen MR) is 85.3 cm³/mol. The maximum atomic E-state index is 12.1. The number of carboxylic acids is 1. The van der Waals surface area contributed by atoms with Gasteiger partial charge in [0.25, 0.3) is 0 Å². The van der Waals surface area contributed by atoms with Gasteiger partial charge in [-0.15, -0.1) is 0 Å². The van der Waals surface area contributed by atoms with Crippen molar-refractivity contribution in [1.29, 1.82) is 0 Å². The number of aliphatic hydroxyl groups is 1.